The van der Waals surface area contributed by atoms with Gasteiger partial charge in [-0.25, -0.2) is 0 Å². The van der Waals surface area contributed by atoms with Crippen molar-refractivity contribution in [3.63, 3.8) is 0 Å². The Morgan fingerprint density at radius 3 is 2.79 bits per heavy atom. The van der Waals surface area contributed by atoms with E-state index in [0.717, 1.165) is 19.3 Å². The van der Waals surface area contributed by atoms with Gasteiger partial charge in [0.2, 0.25) is 5.91 Å². The van der Waals surface area contributed by atoms with Gasteiger partial charge in [-0.05, 0) is 55.5 Å². The molecule has 0 saturated carbocycles. The van der Waals surface area contributed by atoms with Crippen molar-refractivity contribution >= 4 is 34.8 Å². The molecule has 1 amide bonds. The highest BCUT2D eigenvalue weighted by atomic mass is 35.5. The molecular formula is C19H20Cl2N2O. The Morgan fingerprint density at radius 2 is 2.00 bits per heavy atom. The van der Waals surface area contributed by atoms with Crippen LogP contribution in [0.4, 0.5) is 5.69 Å². The van der Waals surface area contributed by atoms with E-state index >= 15 is 0 Å². The summed E-state index contributed by atoms with van der Waals surface area (Å²) in [4.78, 5) is 12.5. The third-order valence-electron chi connectivity index (χ3n) is 4.40. The number of hydrogen-bond acceptors (Lipinski definition) is 2. The average molecular weight is 363 g/mol. The van der Waals surface area contributed by atoms with Crippen molar-refractivity contribution < 1.29 is 4.79 Å². The summed E-state index contributed by atoms with van der Waals surface area (Å²) in [6.45, 7) is 1.87. The molecule has 2 atom stereocenters. The predicted molar refractivity (Wildman–Crippen MR) is 99.8 cm³/mol. The lowest BCUT2D eigenvalue weighted by molar-refractivity contribution is -0.118. The van der Waals surface area contributed by atoms with E-state index in [1.54, 1.807) is 18.2 Å². The van der Waals surface area contributed by atoms with Crippen LogP contribution in [-0.4, -0.2) is 11.9 Å². The molecule has 0 spiro atoms. The van der Waals surface area contributed by atoms with Gasteiger partial charge in [0.1, 0.15) is 0 Å². The SMILES string of the molecule is C[C@@H](N[C@@H]1CCCc2ccccc21)C(=O)Nc1ccc(Cl)cc1Cl. The molecule has 2 aromatic carbocycles. The fourth-order valence-corrected chi connectivity index (χ4v) is 3.59. The van der Waals surface area contributed by atoms with Crippen LogP contribution in [0.2, 0.25) is 10.0 Å². The number of hydrogen-bond donors (Lipinski definition) is 2. The first-order valence-corrected chi connectivity index (χ1v) is 8.90. The van der Waals surface area contributed by atoms with Crippen molar-refractivity contribution in [1.82, 2.24) is 5.32 Å². The number of amides is 1. The lowest BCUT2D eigenvalue weighted by Crippen LogP contribution is -2.41. The Hall–Kier alpha value is -1.55. The second-order valence-corrected chi connectivity index (χ2v) is 6.99. The van der Waals surface area contributed by atoms with Crippen LogP contribution in [0.5, 0.6) is 0 Å². The summed E-state index contributed by atoms with van der Waals surface area (Å²) in [6.07, 6.45) is 3.28. The Balaban J connectivity index is 1.67. The molecule has 126 valence electrons. The molecule has 3 rings (SSSR count). The fourth-order valence-electron chi connectivity index (χ4n) is 3.14. The molecule has 1 aliphatic rings. The van der Waals surface area contributed by atoms with Crippen LogP contribution in [-0.2, 0) is 11.2 Å². The van der Waals surface area contributed by atoms with Crippen LogP contribution in [0, 0.1) is 0 Å². The first kappa shape index (κ1) is 17.3. The number of carbonyl (C=O) groups is 1. The molecule has 0 aliphatic heterocycles. The molecule has 0 bridgehead atoms. The van der Waals surface area contributed by atoms with E-state index in [0.29, 0.717) is 15.7 Å². The Kier molecular flexibility index (Phi) is 5.44. The number of halogens is 2. The monoisotopic (exact) mass is 362 g/mol. The first-order valence-electron chi connectivity index (χ1n) is 8.14. The van der Waals surface area contributed by atoms with Crippen molar-refractivity contribution in [2.45, 2.75) is 38.3 Å². The summed E-state index contributed by atoms with van der Waals surface area (Å²) in [6, 6.07) is 13.4. The first-order chi connectivity index (χ1) is 11.5. The lowest BCUT2D eigenvalue weighted by Gasteiger charge is -2.29. The Labute approximate surface area is 152 Å². The zero-order valence-corrected chi connectivity index (χ0v) is 15.0. The number of carbonyl (C=O) groups excluding carboxylic acids is 1. The van der Waals surface area contributed by atoms with Crippen molar-refractivity contribution in [2.75, 3.05) is 5.32 Å². The van der Waals surface area contributed by atoms with Gasteiger partial charge in [-0.3, -0.25) is 10.1 Å². The summed E-state index contributed by atoms with van der Waals surface area (Å²) in [5.74, 6) is -0.109. The molecule has 0 heterocycles. The highest BCUT2D eigenvalue weighted by Gasteiger charge is 2.24. The number of anilines is 1. The number of benzene rings is 2. The fraction of sp³-hybridized carbons (Fsp3) is 0.316. The van der Waals surface area contributed by atoms with Crippen LogP contribution >= 0.6 is 23.2 Å². The third kappa shape index (κ3) is 3.92. The largest absolute Gasteiger partial charge is 0.323 e. The third-order valence-corrected chi connectivity index (χ3v) is 4.95. The maximum absolute atomic E-state index is 12.5. The van der Waals surface area contributed by atoms with E-state index in [-0.39, 0.29) is 18.0 Å². The predicted octanol–water partition coefficient (Wildman–Crippen LogP) is 4.99. The minimum Gasteiger partial charge on any atom is -0.323 e. The number of rotatable bonds is 4. The number of fused-ring (bicyclic) bond motifs is 1. The average Bonchev–Trinajstić information content (AvgIpc) is 2.57. The van der Waals surface area contributed by atoms with Gasteiger partial charge in [0.15, 0.2) is 0 Å². The molecule has 0 radical (unpaired) electrons. The van der Waals surface area contributed by atoms with Crippen LogP contribution < -0.4 is 10.6 Å². The zero-order valence-electron chi connectivity index (χ0n) is 13.5. The molecule has 1 aliphatic carbocycles. The number of aryl methyl sites for hydroxylation is 1. The van der Waals surface area contributed by atoms with Gasteiger partial charge < -0.3 is 5.32 Å². The zero-order chi connectivity index (χ0) is 17.1. The van der Waals surface area contributed by atoms with Gasteiger partial charge in [-0.2, -0.15) is 0 Å². The second kappa shape index (κ2) is 7.56. The highest BCUT2D eigenvalue weighted by molar-refractivity contribution is 6.36. The molecular weight excluding hydrogens is 343 g/mol. The van der Waals surface area contributed by atoms with Gasteiger partial charge in [0.05, 0.1) is 16.8 Å². The lowest BCUT2D eigenvalue weighted by atomic mass is 9.87. The molecule has 2 aromatic rings. The summed E-state index contributed by atoms with van der Waals surface area (Å²) in [5, 5.41) is 7.28. The van der Waals surface area contributed by atoms with Gasteiger partial charge in [-0.1, -0.05) is 47.5 Å². The van der Waals surface area contributed by atoms with E-state index in [2.05, 4.69) is 34.9 Å². The second-order valence-electron chi connectivity index (χ2n) is 6.15. The number of nitrogens with one attached hydrogen (secondary N) is 2. The van der Waals surface area contributed by atoms with Crippen LogP contribution in [0.1, 0.15) is 36.9 Å². The van der Waals surface area contributed by atoms with Crippen molar-refractivity contribution in [2.24, 2.45) is 0 Å². The van der Waals surface area contributed by atoms with E-state index < -0.39 is 0 Å². The Bertz CT molecular complexity index is 748. The standard InChI is InChI=1S/C19H20Cl2N2O/c1-12(19(24)23-18-10-9-14(20)11-16(18)21)22-17-8-4-6-13-5-2-3-7-15(13)17/h2-3,5,7,9-12,17,22H,4,6,8H2,1H3,(H,23,24)/t12-,17-/m1/s1. The molecule has 24 heavy (non-hydrogen) atoms. The smallest absolute Gasteiger partial charge is 0.241 e. The maximum Gasteiger partial charge on any atom is 0.241 e. The van der Waals surface area contributed by atoms with Crippen LogP contribution in [0.15, 0.2) is 42.5 Å². The maximum atomic E-state index is 12.5. The van der Waals surface area contributed by atoms with Crippen LogP contribution in [0.25, 0.3) is 0 Å². The van der Waals surface area contributed by atoms with Gasteiger partial charge in [0, 0.05) is 11.1 Å². The summed E-state index contributed by atoms with van der Waals surface area (Å²) in [7, 11) is 0. The molecule has 0 aromatic heterocycles. The van der Waals surface area contributed by atoms with E-state index in [9.17, 15) is 4.79 Å². The minimum atomic E-state index is -0.326. The van der Waals surface area contributed by atoms with Crippen molar-refractivity contribution in [3.8, 4) is 0 Å². The van der Waals surface area contributed by atoms with E-state index in [1.165, 1.54) is 11.1 Å². The molecule has 0 fully saturated rings. The normalized spacial score (nSPS) is 17.9. The minimum absolute atomic E-state index is 0.109. The van der Waals surface area contributed by atoms with E-state index in [1.807, 2.05) is 6.92 Å². The van der Waals surface area contributed by atoms with Gasteiger partial charge in [-0.15, -0.1) is 0 Å². The topological polar surface area (TPSA) is 41.1 Å². The summed E-state index contributed by atoms with van der Waals surface area (Å²) in [5.41, 5.74) is 3.24. The molecule has 0 saturated heterocycles. The van der Waals surface area contributed by atoms with Gasteiger partial charge in [0.25, 0.3) is 0 Å². The summed E-state index contributed by atoms with van der Waals surface area (Å²) < 4.78 is 0. The van der Waals surface area contributed by atoms with Crippen molar-refractivity contribution in [1.29, 1.82) is 0 Å². The van der Waals surface area contributed by atoms with Gasteiger partial charge >= 0.3 is 0 Å². The van der Waals surface area contributed by atoms with E-state index in [4.69, 9.17) is 23.2 Å². The molecule has 0 unspecified atom stereocenters. The summed E-state index contributed by atoms with van der Waals surface area (Å²) >= 11 is 12.0. The highest BCUT2D eigenvalue weighted by Crippen LogP contribution is 2.30. The Morgan fingerprint density at radius 1 is 1.21 bits per heavy atom. The van der Waals surface area contributed by atoms with Crippen molar-refractivity contribution in [3.05, 3.63) is 63.6 Å². The van der Waals surface area contributed by atoms with Crippen LogP contribution in [0.3, 0.4) is 0 Å². The molecule has 5 heteroatoms. The quantitative estimate of drug-likeness (QED) is 0.804. The molecule has 2 N–H and O–H groups in total. The molecule has 3 nitrogen and oxygen atoms in total.